The van der Waals surface area contributed by atoms with E-state index in [2.05, 4.69) is 29.8 Å². The Morgan fingerprint density at radius 1 is 0.963 bits per heavy atom. The van der Waals surface area contributed by atoms with Crippen LogP contribution in [0.2, 0.25) is 0 Å². The number of amides is 2. The van der Waals surface area contributed by atoms with Gasteiger partial charge in [0.1, 0.15) is 0 Å². The molecule has 0 aromatic heterocycles. The van der Waals surface area contributed by atoms with Crippen LogP contribution >= 0.6 is 0 Å². The van der Waals surface area contributed by atoms with Crippen molar-refractivity contribution in [1.29, 1.82) is 0 Å². The van der Waals surface area contributed by atoms with Crippen molar-refractivity contribution >= 4 is 17.5 Å². The summed E-state index contributed by atoms with van der Waals surface area (Å²) in [5, 5.41) is 12.0. The molecule has 134 valence electrons. The summed E-state index contributed by atoms with van der Waals surface area (Å²) in [4.78, 5) is 23.2. The second kappa shape index (κ2) is 24.1. The summed E-state index contributed by atoms with van der Waals surface area (Å²) in [5.74, 6) is -0.357. The molecule has 1 aromatic carbocycles. The minimum atomic E-state index is -0.484. The molecule has 0 N–H and O–H groups in total. The summed E-state index contributed by atoms with van der Waals surface area (Å²) in [6.45, 7) is 7.19. The molecule has 1 aromatic rings. The van der Waals surface area contributed by atoms with E-state index in [9.17, 15) is 9.59 Å². The third-order valence-corrected chi connectivity index (χ3v) is 2.94. The van der Waals surface area contributed by atoms with Gasteiger partial charge in [-0.25, -0.2) is 0 Å². The maximum Gasteiger partial charge on any atom is 1.00 e. The number of hydrogen-bond donors (Lipinski definition) is 0. The van der Waals surface area contributed by atoms with Crippen molar-refractivity contribution in [2.45, 2.75) is 26.7 Å². The van der Waals surface area contributed by atoms with Gasteiger partial charge in [0.2, 0.25) is 0 Å². The molecule has 0 fully saturated rings. The zero-order valence-corrected chi connectivity index (χ0v) is 32.2. The molecule has 0 heterocycles. The second-order valence-corrected chi connectivity index (χ2v) is 5.78. The van der Waals surface area contributed by atoms with Crippen molar-refractivity contribution in [3.05, 3.63) is 46.3 Å². The molecule has 27 heavy (non-hydrogen) atoms. The molecule has 0 aliphatic heterocycles. The van der Waals surface area contributed by atoms with Crippen LogP contribution < -0.4 is 175 Å². The number of para-hydroxylation sites is 1. The van der Waals surface area contributed by atoms with E-state index >= 15 is 0 Å². The van der Waals surface area contributed by atoms with Gasteiger partial charge in [-0.2, -0.15) is 0 Å². The maximum atomic E-state index is 11.6. The normalized spacial score (nSPS) is 9.44. The number of rotatable bonds is 12. The van der Waals surface area contributed by atoms with Gasteiger partial charge in [-0.3, -0.25) is 0 Å². The Kier molecular flexibility index (Phi) is 31.4. The standard InChI is InChI=1S/C18H28N3O3.3Rb/c1-15(2)14-19-9-6-11-24-12-10-20-17(22)13-18(23)21-16-7-4-3-5-8-16;;;/h3-5,7-8,15H,6,9-14H2,1-2H3,(H2,20,21,22,23);;;/q-1;3*+1/p-2. The van der Waals surface area contributed by atoms with Crippen molar-refractivity contribution in [3.63, 3.8) is 0 Å². The van der Waals surface area contributed by atoms with E-state index in [1.54, 1.807) is 24.3 Å². The summed E-state index contributed by atoms with van der Waals surface area (Å²) in [6, 6.07) is 8.82. The van der Waals surface area contributed by atoms with Crippen molar-refractivity contribution in [2.75, 3.05) is 32.8 Å². The molecule has 0 aliphatic rings. The molecule has 0 saturated carbocycles. The van der Waals surface area contributed by atoms with Gasteiger partial charge in [0.25, 0.3) is 0 Å². The number of hydrogen-bond acceptors (Lipinski definition) is 3. The number of carbonyl (C=O) groups excluding carboxylic acids is 2. The molecule has 1 rings (SSSR count). The van der Waals surface area contributed by atoms with Crippen LogP contribution in [0.15, 0.2) is 30.3 Å². The van der Waals surface area contributed by atoms with E-state index < -0.39 is 11.8 Å². The summed E-state index contributed by atoms with van der Waals surface area (Å²) >= 11 is 0. The predicted molar refractivity (Wildman–Crippen MR) is 95.7 cm³/mol. The summed E-state index contributed by atoms with van der Waals surface area (Å²) < 4.78 is 5.38. The first kappa shape index (κ1) is 35.1. The monoisotopic (exact) mass is 587 g/mol. The number of benzene rings is 1. The van der Waals surface area contributed by atoms with E-state index in [0.29, 0.717) is 24.8 Å². The zero-order chi connectivity index (χ0) is 17.6. The Labute approximate surface area is 310 Å². The van der Waals surface area contributed by atoms with Crippen LogP contribution in [0.5, 0.6) is 0 Å². The minimum Gasteiger partial charge on any atom is -0.662 e. The van der Waals surface area contributed by atoms with Gasteiger partial charge < -0.3 is 30.3 Å². The van der Waals surface area contributed by atoms with Crippen LogP contribution in [0, 0.1) is 5.92 Å². The molecule has 9 heteroatoms. The largest absolute Gasteiger partial charge is 1.00 e. The first-order chi connectivity index (χ1) is 11.6. The second-order valence-electron chi connectivity index (χ2n) is 5.78. The van der Waals surface area contributed by atoms with Crippen molar-refractivity contribution in [1.82, 2.24) is 0 Å². The number of carbonyl (C=O) groups is 2. The van der Waals surface area contributed by atoms with E-state index in [0.717, 1.165) is 19.5 Å². The van der Waals surface area contributed by atoms with Crippen LogP contribution in [0.3, 0.4) is 0 Å². The third-order valence-electron chi connectivity index (χ3n) is 2.94. The van der Waals surface area contributed by atoms with Gasteiger partial charge in [-0.15, -0.1) is 25.3 Å². The molecular formula is C18H26N3O3Rb3. The minimum absolute atomic E-state index is 0. The topological polar surface area (TPSA) is 85.7 Å². The van der Waals surface area contributed by atoms with Gasteiger partial charge in [0.15, 0.2) is 0 Å². The van der Waals surface area contributed by atoms with Crippen molar-refractivity contribution in [2.24, 2.45) is 5.92 Å². The SMILES string of the molecule is CC(C)C[N-]CCCOCC[N-]C(=O)CC(=O)[N-]c1ccccc1.[Rb+].[Rb+].[Rb+]. The average molecular weight is 589 g/mol. The maximum absolute atomic E-state index is 11.6. The van der Waals surface area contributed by atoms with Gasteiger partial charge in [-0.1, -0.05) is 50.1 Å². The number of ether oxygens (including phenoxy) is 1. The van der Waals surface area contributed by atoms with Crippen molar-refractivity contribution in [3.8, 4) is 0 Å². The Morgan fingerprint density at radius 2 is 1.63 bits per heavy atom. The van der Waals surface area contributed by atoms with Crippen molar-refractivity contribution < 1.29 is 189 Å². The molecule has 0 radical (unpaired) electrons. The number of nitrogens with zero attached hydrogens (tertiary/aromatic N) is 3. The third kappa shape index (κ3) is 22.5. The Hall–Kier alpha value is 3.50. The van der Waals surface area contributed by atoms with Crippen LogP contribution in [0.1, 0.15) is 26.7 Å². The molecule has 0 saturated heterocycles. The smallest absolute Gasteiger partial charge is 0.662 e. The van der Waals surface area contributed by atoms with Crippen LogP contribution in [-0.2, 0) is 14.3 Å². The predicted octanol–water partition coefficient (Wildman–Crippen LogP) is -5.04. The fourth-order valence-corrected chi connectivity index (χ4v) is 1.84. The van der Waals surface area contributed by atoms with Gasteiger partial charge >= 0.3 is 175 Å². The fourth-order valence-electron chi connectivity index (χ4n) is 1.84. The molecule has 6 nitrogen and oxygen atoms in total. The molecule has 2 amide bonds. The van der Waals surface area contributed by atoms with Crippen LogP contribution in [0.4, 0.5) is 5.69 Å². The van der Waals surface area contributed by atoms with E-state index in [1.165, 1.54) is 0 Å². The molecule has 0 atom stereocenters. The van der Waals surface area contributed by atoms with Gasteiger partial charge in [0, 0.05) is 19.6 Å². The Morgan fingerprint density at radius 3 is 2.26 bits per heavy atom. The van der Waals surface area contributed by atoms with Crippen LogP contribution in [-0.4, -0.2) is 44.7 Å². The molecular weight excluding hydrogens is 563 g/mol. The van der Waals surface area contributed by atoms with E-state index in [1.807, 2.05) is 6.07 Å². The Balaban J connectivity index is -0.00000192. The molecule has 0 spiro atoms. The first-order valence-corrected chi connectivity index (χ1v) is 8.29. The van der Waals surface area contributed by atoms with E-state index in [4.69, 9.17) is 4.74 Å². The summed E-state index contributed by atoms with van der Waals surface area (Å²) in [6.07, 6.45) is 0.568. The molecule has 0 unspecified atom stereocenters. The van der Waals surface area contributed by atoms with E-state index in [-0.39, 0.29) is 188 Å². The summed E-state index contributed by atoms with van der Waals surface area (Å²) in [7, 11) is 0. The summed E-state index contributed by atoms with van der Waals surface area (Å²) in [5.41, 5.74) is 0.543. The average Bonchev–Trinajstić information content (AvgIpc) is 2.53. The quantitative estimate of drug-likeness (QED) is 0.181. The molecule has 0 bridgehead atoms. The van der Waals surface area contributed by atoms with Gasteiger partial charge in [-0.05, 0) is 6.42 Å². The zero-order valence-electron chi connectivity index (χ0n) is 17.5. The Bertz CT molecular complexity index is 491. The fraction of sp³-hybridized carbons (Fsp3) is 0.556. The van der Waals surface area contributed by atoms with Crippen LogP contribution in [0.25, 0.3) is 16.0 Å². The first-order valence-electron chi connectivity index (χ1n) is 8.29. The molecule has 0 aliphatic carbocycles. The van der Waals surface area contributed by atoms with Gasteiger partial charge in [0.05, 0.1) is 11.8 Å².